The molecule has 0 aliphatic heterocycles. The number of benzene rings is 1. The second-order valence-electron chi connectivity index (χ2n) is 4.31. The smallest absolute Gasteiger partial charge is 0.243 e. The molecule has 1 aromatic heterocycles. The normalized spacial score (nSPS) is 11.8. The van der Waals surface area contributed by atoms with Gasteiger partial charge in [0.1, 0.15) is 16.5 Å². The van der Waals surface area contributed by atoms with Gasteiger partial charge < -0.3 is 0 Å². The molecule has 0 saturated carbocycles. The average Bonchev–Trinajstić information content (AvgIpc) is 2.65. The molecule has 0 fully saturated rings. The Labute approximate surface area is 115 Å². The first-order valence-electron chi connectivity index (χ1n) is 5.73. The van der Waals surface area contributed by atoms with E-state index in [4.69, 9.17) is 0 Å². The van der Waals surface area contributed by atoms with E-state index in [-0.39, 0.29) is 6.54 Å². The second-order valence-corrected chi connectivity index (χ2v) is 6.05. The number of hydrogen-bond donors (Lipinski definition) is 1. The maximum atomic E-state index is 13.5. The number of aryl methyl sites for hydroxylation is 2. The monoisotopic (exact) mass is 301 g/mol. The SMILES string of the molecule is Cc1nn(C)cc1CNS(=O)(=O)c1ccc(F)cc1F. The van der Waals surface area contributed by atoms with Crippen molar-refractivity contribution in [2.45, 2.75) is 18.4 Å². The van der Waals surface area contributed by atoms with Crippen molar-refractivity contribution in [1.82, 2.24) is 14.5 Å². The lowest BCUT2D eigenvalue weighted by molar-refractivity contribution is 0.543. The fourth-order valence-corrected chi connectivity index (χ4v) is 2.83. The van der Waals surface area contributed by atoms with Crippen LogP contribution in [0, 0.1) is 18.6 Å². The molecule has 0 aliphatic rings. The largest absolute Gasteiger partial charge is 0.275 e. The maximum absolute atomic E-state index is 13.5. The Morgan fingerprint density at radius 2 is 2.05 bits per heavy atom. The summed E-state index contributed by atoms with van der Waals surface area (Å²) in [6.07, 6.45) is 1.67. The summed E-state index contributed by atoms with van der Waals surface area (Å²) < 4.78 is 54.0. The van der Waals surface area contributed by atoms with Crippen molar-refractivity contribution in [3.63, 3.8) is 0 Å². The van der Waals surface area contributed by atoms with Crippen LogP contribution in [0.15, 0.2) is 29.3 Å². The molecule has 0 radical (unpaired) electrons. The van der Waals surface area contributed by atoms with E-state index in [2.05, 4.69) is 9.82 Å². The molecule has 1 N–H and O–H groups in total. The zero-order chi connectivity index (χ0) is 14.9. The van der Waals surface area contributed by atoms with Gasteiger partial charge in [-0.1, -0.05) is 0 Å². The van der Waals surface area contributed by atoms with Crippen molar-refractivity contribution >= 4 is 10.0 Å². The van der Waals surface area contributed by atoms with Crippen LogP contribution in [0.5, 0.6) is 0 Å². The van der Waals surface area contributed by atoms with Crippen molar-refractivity contribution in [1.29, 1.82) is 0 Å². The highest BCUT2D eigenvalue weighted by Gasteiger charge is 2.19. The van der Waals surface area contributed by atoms with Crippen LogP contribution in [0.3, 0.4) is 0 Å². The van der Waals surface area contributed by atoms with Gasteiger partial charge in [-0.15, -0.1) is 0 Å². The molecule has 1 aromatic carbocycles. The molecule has 0 bridgehead atoms. The Balaban J connectivity index is 2.21. The second kappa shape index (κ2) is 5.29. The van der Waals surface area contributed by atoms with Crippen LogP contribution in [0.4, 0.5) is 8.78 Å². The molecule has 0 aliphatic carbocycles. The highest BCUT2D eigenvalue weighted by atomic mass is 32.2. The molecule has 0 atom stereocenters. The molecule has 108 valence electrons. The first-order valence-corrected chi connectivity index (χ1v) is 7.22. The predicted molar refractivity (Wildman–Crippen MR) is 68.3 cm³/mol. The van der Waals surface area contributed by atoms with E-state index in [0.29, 0.717) is 17.3 Å². The minimum Gasteiger partial charge on any atom is -0.275 e. The van der Waals surface area contributed by atoms with Crippen LogP contribution in [-0.2, 0) is 23.6 Å². The first-order chi connectivity index (χ1) is 9.29. The minimum atomic E-state index is -4.04. The Hall–Kier alpha value is -1.80. The molecule has 2 rings (SSSR count). The van der Waals surface area contributed by atoms with Gasteiger partial charge in [0.05, 0.1) is 5.69 Å². The Morgan fingerprint density at radius 1 is 1.35 bits per heavy atom. The minimum absolute atomic E-state index is 0.0151. The number of sulfonamides is 1. The van der Waals surface area contributed by atoms with E-state index in [1.807, 2.05) is 0 Å². The number of hydrogen-bond acceptors (Lipinski definition) is 3. The lowest BCUT2D eigenvalue weighted by Gasteiger charge is -2.07. The summed E-state index contributed by atoms with van der Waals surface area (Å²) in [5, 5.41) is 4.07. The van der Waals surface area contributed by atoms with Gasteiger partial charge in [-0.3, -0.25) is 4.68 Å². The maximum Gasteiger partial charge on any atom is 0.243 e. The van der Waals surface area contributed by atoms with E-state index in [1.54, 1.807) is 24.9 Å². The summed E-state index contributed by atoms with van der Waals surface area (Å²) >= 11 is 0. The summed E-state index contributed by atoms with van der Waals surface area (Å²) in [6, 6.07) is 2.32. The quantitative estimate of drug-likeness (QED) is 0.930. The highest BCUT2D eigenvalue weighted by molar-refractivity contribution is 7.89. The van der Waals surface area contributed by atoms with Gasteiger partial charge in [-0.2, -0.15) is 5.10 Å². The highest BCUT2D eigenvalue weighted by Crippen LogP contribution is 2.16. The van der Waals surface area contributed by atoms with Crippen molar-refractivity contribution < 1.29 is 17.2 Å². The molecule has 0 amide bonds. The number of nitrogens with one attached hydrogen (secondary N) is 1. The molecule has 2 aromatic rings. The summed E-state index contributed by atoms with van der Waals surface area (Å²) in [7, 11) is -2.33. The van der Waals surface area contributed by atoms with E-state index >= 15 is 0 Å². The fourth-order valence-electron chi connectivity index (χ4n) is 1.77. The number of halogens is 2. The molecule has 0 unspecified atom stereocenters. The van der Waals surface area contributed by atoms with Gasteiger partial charge in [0, 0.05) is 31.4 Å². The third kappa shape index (κ3) is 3.02. The molecular weight excluding hydrogens is 288 g/mol. The van der Waals surface area contributed by atoms with Crippen molar-refractivity contribution in [2.24, 2.45) is 7.05 Å². The Kier molecular flexibility index (Phi) is 3.87. The lowest BCUT2D eigenvalue weighted by atomic mass is 10.3. The van der Waals surface area contributed by atoms with Gasteiger partial charge >= 0.3 is 0 Å². The summed E-state index contributed by atoms with van der Waals surface area (Å²) in [4.78, 5) is -0.583. The van der Waals surface area contributed by atoms with E-state index < -0.39 is 26.6 Å². The van der Waals surface area contributed by atoms with Gasteiger partial charge in [0.2, 0.25) is 10.0 Å². The average molecular weight is 301 g/mol. The van der Waals surface area contributed by atoms with Gasteiger partial charge in [-0.25, -0.2) is 21.9 Å². The predicted octanol–water partition coefficient (Wildman–Crippen LogP) is 1.49. The van der Waals surface area contributed by atoms with Crippen LogP contribution in [0.25, 0.3) is 0 Å². The van der Waals surface area contributed by atoms with E-state index in [0.717, 1.165) is 12.1 Å². The molecular formula is C12H13F2N3O2S. The molecule has 0 spiro atoms. The summed E-state index contributed by atoms with van der Waals surface area (Å²) in [6.45, 7) is 1.72. The van der Waals surface area contributed by atoms with E-state index in [9.17, 15) is 17.2 Å². The van der Waals surface area contributed by atoms with Gasteiger partial charge in [0.25, 0.3) is 0 Å². The zero-order valence-electron chi connectivity index (χ0n) is 10.9. The van der Waals surface area contributed by atoms with Crippen LogP contribution in [0.2, 0.25) is 0 Å². The number of rotatable bonds is 4. The Bertz CT molecular complexity index is 741. The van der Waals surface area contributed by atoms with E-state index in [1.165, 1.54) is 0 Å². The zero-order valence-corrected chi connectivity index (χ0v) is 11.7. The fraction of sp³-hybridized carbons (Fsp3) is 0.250. The third-order valence-electron chi connectivity index (χ3n) is 2.75. The number of nitrogens with zero attached hydrogens (tertiary/aromatic N) is 2. The molecule has 0 saturated heterocycles. The van der Waals surface area contributed by atoms with Crippen LogP contribution in [-0.4, -0.2) is 18.2 Å². The van der Waals surface area contributed by atoms with Crippen LogP contribution in [0.1, 0.15) is 11.3 Å². The van der Waals surface area contributed by atoms with Crippen molar-refractivity contribution in [2.75, 3.05) is 0 Å². The topological polar surface area (TPSA) is 64.0 Å². The molecule has 5 nitrogen and oxygen atoms in total. The third-order valence-corrected chi connectivity index (χ3v) is 4.19. The van der Waals surface area contributed by atoms with Gasteiger partial charge in [0.15, 0.2) is 0 Å². The standard InChI is InChI=1S/C12H13F2N3O2S/c1-8-9(7-17(2)16-8)6-15-20(18,19)12-4-3-10(13)5-11(12)14/h3-5,7,15H,6H2,1-2H3. The number of aromatic nitrogens is 2. The molecule has 1 heterocycles. The van der Waals surface area contributed by atoms with Crippen molar-refractivity contribution in [3.05, 3.63) is 47.3 Å². The molecule has 20 heavy (non-hydrogen) atoms. The first kappa shape index (κ1) is 14.6. The lowest BCUT2D eigenvalue weighted by Crippen LogP contribution is -2.24. The Morgan fingerprint density at radius 3 is 2.60 bits per heavy atom. The van der Waals surface area contributed by atoms with Crippen LogP contribution < -0.4 is 4.72 Å². The summed E-state index contributed by atoms with van der Waals surface area (Å²) in [5.74, 6) is -1.95. The van der Waals surface area contributed by atoms with Gasteiger partial charge in [-0.05, 0) is 19.1 Å². The van der Waals surface area contributed by atoms with Crippen LogP contribution >= 0.6 is 0 Å². The molecule has 8 heteroatoms. The summed E-state index contributed by atoms with van der Waals surface area (Å²) in [5.41, 5.74) is 1.35. The van der Waals surface area contributed by atoms with Crippen molar-refractivity contribution in [3.8, 4) is 0 Å².